The van der Waals surface area contributed by atoms with Crippen LogP contribution in [-0.4, -0.2) is 78.9 Å². The Kier molecular flexibility index (Phi) is 10.8. The van der Waals surface area contributed by atoms with Crippen molar-refractivity contribution in [2.75, 3.05) is 46.3 Å². The van der Waals surface area contributed by atoms with Gasteiger partial charge in [0.05, 0.1) is 13.1 Å². The Balaban J connectivity index is 0.00000242. The summed E-state index contributed by atoms with van der Waals surface area (Å²) in [6.07, 6.45) is 6.06. The minimum absolute atomic E-state index is 0. The number of piperazine rings is 1. The predicted molar refractivity (Wildman–Crippen MR) is 96.2 cm³/mol. The van der Waals surface area contributed by atoms with Crippen LogP contribution in [0.4, 0.5) is 0 Å². The van der Waals surface area contributed by atoms with Crippen LogP contribution in [0.25, 0.3) is 0 Å². The molecule has 0 aromatic rings. The van der Waals surface area contributed by atoms with Crippen molar-refractivity contribution < 1.29 is 9.59 Å². The summed E-state index contributed by atoms with van der Waals surface area (Å²) in [4.78, 5) is 29.7. The first-order chi connectivity index (χ1) is 10.1. The van der Waals surface area contributed by atoms with Crippen LogP contribution in [0.5, 0.6) is 0 Å². The first-order valence-electron chi connectivity index (χ1n) is 8.07. The first-order valence-corrected chi connectivity index (χ1v) is 8.07. The van der Waals surface area contributed by atoms with Crippen molar-refractivity contribution in [3.05, 3.63) is 0 Å². The Morgan fingerprint density at radius 1 is 1.04 bits per heavy atom. The van der Waals surface area contributed by atoms with E-state index in [1.807, 2.05) is 11.9 Å². The third-order valence-corrected chi connectivity index (χ3v) is 4.77. The fourth-order valence-electron chi connectivity index (χ4n) is 3.26. The van der Waals surface area contributed by atoms with Gasteiger partial charge in [-0.3, -0.25) is 14.5 Å². The molecule has 1 heterocycles. The van der Waals surface area contributed by atoms with Crippen LogP contribution in [0.3, 0.4) is 0 Å². The van der Waals surface area contributed by atoms with Crippen molar-refractivity contribution in [3.63, 3.8) is 0 Å². The van der Waals surface area contributed by atoms with Crippen molar-refractivity contribution in [1.29, 1.82) is 0 Å². The Labute approximate surface area is 151 Å². The molecule has 0 bridgehead atoms. The van der Waals surface area contributed by atoms with Crippen LogP contribution in [0.2, 0.25) is 0 Å². The molecule has 0 spiro atoms. The normalized spacial score (nSPS) is 19.5. The number of halogens is 2. The maximum atomic E-state index is 12.4. The monoisotopic (exact) mass is 368 g/mol. The molecule has 2 N–H and O–H groups in total. The van der Waals surface area contributed by atoms with E-state index in [-0.39, 0.29) is 43.2 Å². The SMILES string of the molecule is CN(C(=O)CN1CCN(C(=O)CN)CC1)C1CCCCC1.Cl.Cl. The predicted octanol–water partition coefficient (Wildman–Crippen LogP) is 0.724. The molecule has 2 rings (SSSR count). The first kappa shape index (κ1) is 22.4. The average Bonchev–Trinajstić information content (AvgIpc) is 2.55. The zero-order valence-corrected chi connectivity index (χ0v) is 15.5. The molecule has 0 aromatic heterocycles. The Hall–Kier alpha value is -0.560. The molecule has 1 saturated carbocycles. The van der Waals surface area contributed by atoms with E-state index in [4.69, 9.17) is 5.73 Å². The smallest absolute Gasteiger partial charge is 0.236 e. The molecule has 0 unspecified atom stereocenters. The second kappa shape index (κ2) is 11.1. The molecule has 1 aliphatic carbocycles. The zero-order valence-electron chi connectivity index (χ0n) is 13.9. The summed E-state index contributed by atoms with van der Waals surface area (Å²) in [5.41, 5.74) is 5.37. The lowest BCUT2D eigenvalue weighted by molar-refractivity contribution is -0.135. The van der Waals surface area contributed by atoms with Crippen LogP contribution in [-0.2, 0) is 9.59 Å². The minimum atomic E-state index is 0. The number of hydrogen-bond acceptors (Lipinski definition) is 4. The van der Waals surface area contributed by atoms with E-state index in [2.05, 4.69) is 4.90 Å². The van der Waals surface area contributed by atoms with Crippen LogP contribution >= 0.6 is 24.8 Å². The summed E-state index contributed by atoms with van der Waals surface area (Å²) < 4.78 is 0. The number of rotatable bonds is 4. The number of nitrogens with two attached hydrogens (primary N) is 1. The molecule has 23 heavy (non-hydrogen) atoms. The molecule has 2 fully saturated rings. The molecule has 2 aliphatic rings. The average molecular weight is 369 g/mol. The molecule has 1 aliphatic heterocycles. The lowest BCUT2D eigenvalue weighted by Crippen LogP contribution is -2.53. The van der Waals surface area contributed by atoms with Gasteiger partial charge < -0.3 is 15.5 Å². The van der Waals surface area contributed by atoms with E-state index in [1.54, 1.807) is 4.90 Å². The van der Waals surface area contributed by atoms with Gasteiger partial charge in [-0.1, -0.05) is 19.3 Å². The standard InChI is InChI=1S/C15H28N4O2.2ClH/c1-17(13-5-3-2-4-6-13)15(21)12-18-7-9-19(10-8-18)14(20)11-16;;/h13H,2-12,16H2,1H3;2*1H. The van der Waals surface area contributed by atoms with Crippen molar-refractivity contribution >= 4 is 36.6 Å². The maximum Gasteiger partial charge on any atom is 0.236 e. The lowest BCUT2D eigenvalue weighted by atomic mass is 9.94. The molecule has 1 saturated heterocycles. The van der Waals surface area contributed by atoms with Gasteiger partial charge in [-0.15, -0.1) is 24.8 Å². The molecule has 0 atom stereocenters. The quantitative estimate of drug-likeness (QED) is 0.793. The molecule has 8 heteroatoms. The van der Waals surface area contributed by atoms with Gasteiger partial charge in [0, 0.05) is 39.3 Å². The molecule has 6 nitrogen and oxygen atoms in total. The van der Waals surface area contributed by atoms with E-state index < -0.39 is 0 Å². The van der Waals surface area contributed by atoms with Crippen LogP contribution < -0.4 is 5.73 Å². The van der Waals surface area contributed by atoms with Gasteiger partial charge in [-0.05, 0) is 12.8 Å². The summed E-state index contributed by atoms with van der Waals surface area (Å²) in [5, 5.41) is 0. The molecule has 0 radical (unpaired) electrons. The van der Waals surface area contributed by atoms with Gasteiger partial charge in [0.2, 0.25) is 11.8 Å². The molecular weight excluding hydrogens is 339 g/mol. The van der Waals surface area contributed by atoms with Gasteiger partial charge in [-0.25, -0.2) is 0 Å². The summed E-state index contributed by atoms with van der Waals surface area (Å²) in [6.45, 7) is 3.42. The number of hydrogen-bond donors (Lipinski definition) is 1. The highest BCUT2D eigenvalue weighted by Gasteiger charge is 2.26. The van der Waals surface area contributed by atoms with Gasteiger partial charge in [0.1, 0.15) is 0 Å². The Morgan fingerprint density at radius 2 is 1.61 bits per heavy atom. The van der Waals surface area contributed by atoms with Crippen molar-refractivity contribution in [2.24, 2.45) is 5.73 Å². The summed E-state index contributed by atoms with van der Waals surface area (Å²) in [5.74, 6) is 0.209. The van der Waals surface area contributed by atoms with Gasteiger partial charge in [-0.2, -0.15) is 0 Å². The van der Waals surface area contributed by atoms with Gasteiger partial charge in [0.25, 0.3) is 0 Å². The summed E-state index contributed by atoms with van der Waals surface area (Å²) in [7, 11) is 1.94. The van der Waals surface area contributed by atoms with Crippen molar-refractivity contribution in [1.82, 2.24) is 14.7 Å². The van der Waals surface area contributed by atoms with E-state index in [9.17, 15) is 9.59 Å². The topological polar surface area (TPSA) is 69.9 Å². The van der Waals surface area contributed by atoms with Crippen LogP contribution in [0.1, 0.15) is 32.1 Å². The maximum absolute atomic E-state index is 12.4. The zero-order chi connectivity index (χ0) is 15.2. The molecule has 0 aromatic carbocycles. The Bertz CT molecular complexity index is 370. The van der Waals surface area contributed by atoms with E-state index in [1.165, 1.54) is 19.3 Å². The van der Waals surface area contributed by atoms with Gasteiger partial charge >= 0.3 is 0 Å². The van der Waals surface area contributed by atoms with E-state index in [0.717, 1.165) is 25.9 Å². The number of amides is 2. The number of nitrogens with zero attached hydrogens (tertiary/aromatic N) is 3. The summed E-state index contributed by atoms with van der Waals surface area (Å²) >= 11 is 0. The largest absolute Gasteiger partial charge is 0.342 e. The number of carbonyl (C=O) groups is 2. The second-order valence-electron chi connectivity index (χ2n) is 6.16. The highest BCUT2D eigenvalue weighted by molar-refractivity contribution is 5.85. The fourth-order valence-corrected chi connectivity index (χ4v) is 3.26. The van der Waals surface area contributed by atoms with E-state index in [0.29, 0.717) is 25.7 Å². The van der Waals surface area contributed by atoms with E-state index >= 15 is 0 Å². The van der Waals surface area contributed by atoms with Crippen molar-refractivity contribution in [2.45, 2.75) is 38.1 Å². The minimum Gasteiger partial charge on any atom is -0.342 e. The fraction of sp³-hybridized carbons (Fsp3) is 0.867. The lowest BCUT2D eigenvalue weighted by Gasteiger charge is -2.36. The molecule has 2 amide bonds. The molecular formula is C15H30Cl2N4O2. The van der Waals surface area contributed by atoms with Crippen LogP contribution in [0, 0.1) is 0 Å². The third kappa shape index (κ3) is 6.45. The molecule has 136 valence electrons. The van der Waals surface area contributed by atoms with Crippen molar-refractivity contribution in [3.8, 4) is 0 Å². The highest BCUT2D eigenvalue weighted by Crippen LogP contribution is 2.21. The van der Waals surface area contributed by atoms with Gasteiger partial charge in [0.15, 0.2) is 0 Å². The highest BCUT2D eigenvalue weighted by atomic mass is 35.5. The Morgan fingerprint density at radius 3 is 2.13 bits per heavy atom. The third-order valence-electron chi connectivity index (χ3n) is 4.77. The van der Waals surface area contributed by atoms with Crippen LogP contribution in [0.15, 0.2) is 0 Å². The summed E-state index contributed by atoms with van der Waals surface area (Å²) in [6, 6.07) is 0.423. The second-order valence-corrected chi connectivity index (χ2v) is 6.16. The number of likely N-dealkylation sites (N-methyl/N-ethyl adjacent to an activating group) is 1. The number of carbonyl (C=O) groups excluding carboxylic acids is 2.